The van der Waals surface area contributed by atoms with Crippen molar-refractivity contribution in [1.29, 1.82) is 0 Å². The number of hydrogen-bond donors (Lipinski definition) is 4. The predicted molar refractivity (Wildman–Crippen MR) is 118 cm³/mol. The summed E-state index contributed by atoms with van der Waals surface area (Å²) in [6, 6.07) is -1.20. The summed E-state index contributed by atoms with van der Waals surface area (Å²) in [4.78, 5) is 62.4. The van der Waals surface area contributed by atoms with Crippen LogP contribution in [0.1, 0.15) is 61.7 Å². The lowest BCUT2D eigenvalue weighted by Gasteiger charge is -2.27. The number of aromatic nitrogens is 2. The van der Waals surface area contributed by atoms with Gasteiger partial charge in [-0.15, -0.1) is 0 Å². The first-order valence-electron chi connectivity index (χ1n) is 11.5. The molecule has 0 radical (unpaired) electrons. The summed E-state index contributed by atoms with van der Waals surface area (Å²) >= 11 is 0. The van der Waals surface area contributed by atoms with Gasteiger partial charge >= 0.3 is 0 Å². The number of nitrogens with one attached hydrogen (secondary N) is 4. The van der Waals surface area contributed by atoms with Gasteiger partial charge in [-0.05, 0) is 32.1 Å². The Morgan fingerprint density at radius 1 is 1.15 bits per heavy atom. The summed E-state index contributed by atoms with van der Waals surface area (Å²) in [7, 11) is 1.67. The summed E-state index contributed by atoms with van der Waals surface area (Å²) in [5.74, 6) is -3.28. The summed E-state index contributed by atoms with van der Waals surface area (Å²) in [6.45, 7) is 0.196. The minimum atomic E-state index is -1.15. The summed E-state index contributed by atoms with van der Waals surface area (Å²) in [6.07, 6.45) is 9.01. The third-order valence-corrected chi connectivity index (χ3v) is 6.11. The van der Waals surface area contributed by atoms with Crippen LogP contribution in [0.4, 0.5) is 0 Å². The van der Waals surface area contributed by atoms with E-state index in [2.05, 4.69) is 26.4 Å². The number of nitrogens with zero attached hydrogens (tertiary/aromatic N) is 2. The van der Waals surface area contributed by atoms with Crippen molar-refractivity contribution >= 4 is 29.4 Å². The molecule has 1 saturated heterocycles. The minimum Gasteiger partial charge on any atom is -0.356 e. The summed E-state index contributed by atoms with van der Waals surface area (Å²) in [5.41, 5.74) is 0.295. The number of ketones is 1. The topological polar surface area (TPSA) is 151 Å². The molecule has 0 bridgehead atoms. The third-order valence-electron chi connectivity index (χ3n) is 6.11. The van der Waals surface area contributed by atoms with E-state index in [1.54, 1.807) is 7.05 Å². The largest absolute Gasteiger partial charge is 0.356 e. The van der Waals surface area contributed by atoms with Gasteiger partial charge in [0, 0.05) is 31.7 Å². The lowest BCUT2D eigenvalue weighted by Crippen LogP contribution is -2.53. The number of piperidine rings is 1. The van der Waals surface area contributed by atoms with Crippen molar-refractivity contribution < 1.29 is 24.0 Å². The van der Waals surface area contributed by atoms with E-state index in [1.807, 2.05) is 0 Å². The van der Waals surface area contributed by atoms with E-state index in [1.165, 1.54) is 17.1 Å². The van der Waals surface area contributed by atoms with Crippen LogP contribution in [0.3, 0.4) is 0 Å². The van der Waals surface area contributed by atoms with Crippen molar-refractivity contribution in [2.45, 2.75) is 63.5 Å². The van der Waals surface area contributed by atoms with Crippen molar-refractivity contribution in [1.82, 2.24) is 31.0 Å². The highest BCUT2D eigenvalue weighted by Crippen LogP contribution is 2.19. The van der Waals surface area contributed by atoms with E-state index in [-0.39, 0.29) is 24.9 Å². The van der Waals surface area contributed by atoms with Crippen LogP contribution >= 0.6 is 0 Å². The van der Waals surface area contributed by atoms with Crippen molar-refractivity contribution in [3.63, 3.8) is 0 Å². The van der Waals surface area contributed by atoms with Crippen LogP contribution in [-0.4, -0.2) is 64.4 Å². The number of amides is 4. The molecular weight excluding hydrogens is 428 g/mol. The summed E-state index contributed by atoms with van der Waals surface area (Å²) < 4.78 is 1.46. The molecule has 2 heterocycles. The second kappa shape index (κ2) is 11.6. The summed E-state index contributed by atoms with van der Waals surface area (Å²) in [5, 5.41) is 14.5. The Balaban J connectivity index is 1.60. The first-order valence-corrected chi connectivity index (χ1v) is 11.5. The molecule has 1 saturated carbocycles. The Bertz CT molecular complexity index is 892. The van der Waals surface area contributed by atoms with E-state index >= 15 is 0 Å². The number of aryl methyl sites for hydroxylation is 1. The first-order chi connectivity index (χ1) is 15.8. The zero-order valence-electron chi connectivity index (χ0n) is 18.9. The molecule has 2 unspecified atom stereocenters. The van der Waals surface area contributed by atoms with Gasteiger partial charge < -0.3 is 21.3 Å². The van der Waals surface area contributed by atoms with Crippen LogP contribution in [0.15, 0.2) is 12.4 Å². The predicted octanol–water partition coefficient (Wildman–Crippen LogP) is -0.431. The maximum absolute atomic E-state index is 12.9. The Hall–Kier alpha value is -3.24. The zero-order valence-corrected chi connectivity index (χ0v) is 18.9. The van der Waals surface area contributed by atoms with Gasteiger partial charge in [-0.3, -0.25) is 28.7 Å². The zero-order chi connectivity index (χ0) is 23.8. The Morgan fingerprint density at radius 3 is 2.58 bits per heavy atom. The third kappa shape index (κ3) is 7.13. The smallest absolute Gasteiger partial charge is 0.289 e. The molecule has 11 heteroatoms. The Labute approximate surface area is 192 Å². The van der Waals surface area contributed by atoms with E-state index < -0.39 is 35.5 Å². The van der Waals surface area contributed by atoms with Gasteiger partial charge in [0.2, 0.25) is 17.6 Å². The molecular formula is C22H32N6O5. The molecule has 1 aromatic rings. The van der Waals surface area contributed by atoms with Gasteiger partial charge in [-0.25, -0.2) is 0 Å². The van der Waals surface area contributed by atoms with Gasteiger partial charge in [-0.1, -0.05) is 19.3 Å². The Morgan fingerprint density at radius 2 is 1.91 bits per heavy atom. The monoisotopic (exact) mass is 460 g/mol. The van der Waals surface area contributed by atoms with Crippen LogP contribution < -0.4 is 21.3 Å². The van der Waals surface area contributed by atoms with Gasteiger partial charge in [0.05, 0.1) is 24.3 Å². The Kier molecular flexibility index (Phi) is 8.56. The molecule has 0 spiro atoms. The van der Waals surface area contributed by atoms with E-state index in [9.17, 15) is 24.0 Å². The number of rotatable bonds is 9. The minimum absolute atomic E-state index is 0.0328. The van der Waals surface area contributed by atoms with Crippen LogP contribution in [0.25, 0.3) is 0 Å². The fourth-order valence-corrected chi connectivity index (χ4v) is 4.28. The quantitative estimate of drug-likeness (QED) is 0.367. The van der Waals surface area contributed by atoms with Crippen molar-refractivity contribution in [2.24, 2.45) is 13.0 Å². The molecule has 1 aliphatic heterocycles. The second-order valence-electron chi connectivity index (χ2n) is 8.74. The van der Waals surface area contributed by atoms with Gasteiger partial charge in [0.15, 0.2) is 0 Å². The highest BCUT2D eigenvalue weighted by atomic mass is 16.2. The average molecular weight is 461 g/mol. The number of carbonyl (C=O) groups is 5. The van der Waals surface area contributed by atoms with Crippen LogP contribution in [0.5, 0.6) is 0 Å². The molecule has 4 amide bonds. The van der Waals surface area contributed by atoms with Crippen molar-refractivity contribution in [3.8, 4) is 0 Å². The fourth-order valence-electron chi connectivity index (χ4n) is 4.28. The van der Waals surface area contributed by atoms with E-state index in [0.29, 0.717) is 18.5 Å². The van der Waals surface area contributed by atoms with E-state index in [4.69, 9.17) is 0 Å². The maximum atomic E-state index is 12.9. The molecule has 2 fully saturated rings. The molecule has 2 atom stereocenters. The normalized spacial score (nSPS) is 19.8. The van der Waals surface area contributed by atoms with Crippen molar-refractivity contribution in [2.75, 3.05) is 13.1 Å². The standard InChI is InChI=1S/C22H32N6O5/c1-28-13-15(11-25-28)21(32)24-12-18(29)27-17(10-14-6-5-9-23-20(14)31)19(30)22(33)26-16-7-3-2-4-8-16/h11,13-14,16-17H,2-10,12H2,1H3,(H,23,31)(H,24,32)(H,26,33)(H,27,29). The highest BCUT2D eigenvalue weighted by molar-refractivity contribution is 6.38. The number of Topliss-reactive ketones (excluding diaryl/α,β-unsaturated/α-hetero) is 1. The SMILES string of the molecule is Cn1cc(C(=O)NCC(=O)NC(CC2CCCNC2=O)C(=O)C(=O)NC2CCCCC2)cn1. The fraction of sp³-hybridized carbons (Fsp3) is 0.636. The lowest BCUT2D eigenvalue weighted by atomic mass is 9.89. The molecule has 33 heavy (non-hydrogen) atoms. The maximum Gasteiger partial charge on any atom is 0.289 e. The molecule has 0 aromatic carbocycles. The first kappa shape index (κ1) is 24.4. The highest BCUT2D eigenvalue weighted by Gasteiger charge is 2.34. The van der Waals surface area contributed by atoms with Gasteiger partial charge in [0.1, 0.15) is 0 Å². The molecule has 180 valence electrons. The van der Waals surface area contributed by atoms with Gasteiger partial charge in [-0.2, -0.15) is 5.10 Å². The van der Waals surface area contributed by atoms with Gasteiger partial charge in [0.25, 0.3) is 11.8 Å². The van der Waals surface area contributed by atoms with Crippen molar-refractivity contribution in [3.05, 3.63) is 18.0 Å². The van der Waals surface area contributed by atoms with Crippen LogP contribution in [-0.2, 0) is 26.2 Å². The average Bonchev–Trinajstić information content (AvgIpc) is 3.25. The molecule has 1 aromatic heterocycles. The number of carbonyl (C=O) groups excluding carboxylic acids is 5. The number of hydrogen-bond acceptors (Lipinski definition) is 6. The molecule has 1 aliphatic carbocycles. The molecule has 2 aliphatic rings. The molecule has 3 rings (SSSR count). The molecule has 4 N–H and O–H groups in total. The van der Waals surface area contributed by atoms with E-state index in [0.717, 1.165) is 38.5 Å². The van der Waals surface area contributed by atoms with Crippen LogP contribution in [0, 0.1) is 5.92 Å². The lowest BCUT2D eigenvalue weighted by molar-refractivity contribution is -0.141. The second-order valence-corrected chi connectivity index (χ2v) is 8.74. The molecule has 11 nitrogen and oxygen atoms in total. The van der Waals surface area contributed by atoms with Crippen LogP contribution in [0.2, 0.25) is 0 Å².